The van der Waals surface area contributed by atoms with E-state index in [0.29, 0.717) is 0 Å². The fourth-order valence-corrected chi connectivity index (χ4v) is 0.781. The Balaban J connectivity index is 3.54. The molecule has 0 fully saturated rings. The van der Waals surface area contributed by atoms with E-state index in [-0.39, 0.29) is 6.61 Å². The van der Waals surface area contributed by atoms with Crippen molar-refractivity contribution in [3.05, 3.63) is 0 Å². The number of hydrogen-bond acceptors (Lipinski definition) is 3. The molecule has 0 aromatic heterocycles. The van der Waals surface area contributed by atoms with E-state index in [1.54, 1.807) is 6.92 Å². The molecule has 0 heterocycles. The van der Waals surface area contributed by atoms with E-state index in [0.717, 1.165) is 0 Å². The Morgan fingerprint density at radius 3 is 2.45 bits per heavy atom. The summed E-state index contributed by atoms with van der Waals surface area (Å²) in [6.45, 7) is 1.87. The molecule has 0 rings (SSSR count). The zero-order valence-corrected chi connectivity index (χ0v) is 7.19. The Hall–Kier alpha value is -0.563. The average molecular weight is 188 g/mol. The predicted octanol–water partition coefficient (Wildman–Crippen LogP) is 0.127. The van der Waals surface area contributed by atoms with Gasteiger partial charge in [-0.05, 0) is 6.92 Å². The number of carbonyl (C=O) groups is 1. The second-order valence-corrected chi connectivity index (χ2v) is 2.47. The van der Waals surface area contributed by atoms with Gasteiger partial charge in [-0.3, -0.25) is 0 Å². The molecule has 0 saturated heterocycles. The summed E-state index contributed by atoms with van der Waals surface area (Å²) in [5, 5.41) is 0. The topological polar surface area (TPSA) is 35.5 Å². The fraction of sp³-hybridized carbons (Fsp3) is 0.750. The van der Waals surface area contributed by atoms with Gasteiger partial charge in [0, 0.05) is 6.61 Å². The Morgan fingerprint density at radius 2 is 2.09 bits per heavy atom. The molecule has 0 atom stereocenters. The van der Waals surface area contributed by atoms with Crippen LogP contribution in [0.15, 0.2) is 0 Å². The molecular weight excluding hydrogens is 181 g/mol. The molecule has 0 saturated carbocycles. The Morgan fingerprint density at radius 1 is 1.55 bits per heavy atom. The summed E-state index contributed by atoms with van der Waals surface area (Å²) in [7, 11) is -1.79. The summed E-state index contributed by atoms with van der Waals surface area (Å²) in [5.41, 5.74) is 0. The number of halogens is 3. The number of hydrogen-bond donors (Lipinski definition) is 0. The molecule has 0 radical (unpaired) electrons. The third-order valence-electron chi connectivity index (χ3n) is 0.709. The Bertz CT molecular complexity index is 135. The lowest BCUT2D eigenvalue weighted by Gasteiger charge is -2.05. The zero-order chi connectivity index (χ0) is 8.91. The van der Waals surface area contributed by atoms with Crippen LogP contribution < -0.4 is 0 Å². The van der Waals surface area contributed by atoms with E-state index < -0.39 is 22.2 Å². The normalized spacial score (nSPS) is 12.4. The second-order valence-electron chi connectivity index (χ2n) is 1.54. The van der Waals surface area contributed by atoms with Crippen LogP contribution in [0.4, 0.5) is 13.2 Å². The van der Waals surface area contributed by atoms with Crippen molar-refractivity contribution in [2.45, 2.75) is 13.1 Å². The first-order valence-corrected chi connectivity index (χ1v) is 3.95. The molecule has 0 amide bonds. The maximum Gasteiger partial charge on any atom is 0.489 e. The van der Waals surface area contributed by atoms with E-state index >= 15 is 0 Å². The lowest BCUT2D eigenvalue weighted by molar-refractivity contribution is -0.190. The van der Waals surface area contributed by atoms with Crippen LogP contribution in [0.2, 0.25) is 0 Å². The molecule has 0 aliphatic carbocycles. The lowest BCUT2D eigenvalue weighted by Crippen LogP contribution is -2.27. The molecule has 0 unspecified atom stereocenters. The van der Waals surface area contributed by atoms with Gasteiger partial charge in [-0.25, -0.2) is 4.79 Å². The van der Waals surface area contributed by atoms with Gasteiger partial charge in [0.15, 0.2) is 0 Å². The first-order chi connectivity index (χ1) is 4.98. The summed E-state index contributed by atoms with van der Waals surface area (Å²) in [4.78, 5) is 9.95. The highest BCUT2D eigenvalue weighted by atomic mass is 28.3. The zero-order valence-electron chi connectivity index (χ0n) is 5.77. The average Bonchev–Trinajstić information content (AvgIpc) is 1.86. The van der Waals surface area contributed by atoms with Gasteiger partial charge >= 0.3 is 22.2 Å². The van der Waals surface area contributed by atoms with Crippen LogP contribution in [-0.2, 0) is 13.6 Å². The molecule has 0 aromatic carbocycles. The highest BCUT2D eigenvalue weighted by Gasteiger charge is 2.40. The maximum atomic E-state index is 11.4. The summed E-state index contributed by atoms with van der Waals surface area (Å²) in [6, 6.07) is 0. The largest absolute Gasteiger partial charge is 0.493 e. The third kappa shape index (κ3) is 4.79. The van der Waals surface area contributed by atoms with E-state index in [9.17, 15) is 18.0 Å². The van der Waals surface area contributed by atoms with Gasteiger partial charge < -0.3 is 8.85 Å². The summed E-state index contributed by atoms with van der Waals surface area (Å²) in [5.74, 6) is -2.17. The van der Waals surface area contributed by atoms with Crippen molar-refractivity contribution in [3.8, 4) is 0 Å². The number of carbonyl (C=O) groups excluding carboxylic acids is 1. The van der Waals surface area contributed by atoms with Crippen LogP contribution >= 0.6 is 0 Å². The van der Waals surface area contributed by atoms with E-state index in [1.807, 2.05) is 0 Å². The quantitative estimate of drug-likeness (QED) is 0.466. The highest BCUT2D eigenvalue weighted by molar-refractivity contribution is 6.22. The van der Waals surface area contributed by atoms with Crippen molar-refractivity contribution in [1.82, 2.24) is 0 Å². The van der Waals surface area contributed by atoms with Crippen LogP contribution in [-0.4, -0.2) is 28.8 Å². The van der Waals surface area contributed by atoms with Crippen molar-refractivity contribution in [3.63, 3.8) is 0 Å². The Labute approximate surface area is 63.5 Å². The van der Waals surface area contributed by atoms with Crippen LogP contribution in [0.1, 0.15) is 6.92 Å². The van der Waals surface area contributed by atoms with Crippen molar-refractivity contribution in [1.29, 1.82) is 0 Å². The van der Waals surface area contributed by atoms with E-state index in [4.69, 9.17) is 0 Å². The summed E-state index contributed by atoms with van der Waals surface area (Å²) in [6.07, 6.45) is -4.90. The van der Waals surface area contributed by atoms with Crippen LogP contribution in [0.25, 0.3) is 0 Å². The molecule has 7 heteroatoms. The van der Waals surface area contributed by atoms with Crippen LogP contribution in [0.3, 0.4) is 0 Å². The standard InChI is InChI=1S/C4H7F3O3Si/c1-2-9-11-10-3(8)4(5,6)7/h2,11H2,1H3. The monoisotopic (exact) mass is 188 g/mol. The minimum absolute atomic E-state index is 0.261. The van der Waals surface area contributed by atoms with Crippen LogP contribution in [0.5, 0.6) is 0 Å². The molecule has 3 nitrogen and oxygen atoms in total. The van der Waals surface area contributed by atoms with Gasteiger partial charge in [0.2, 0.25) is 0 Å². The second kappa shape index (κ2) is 4.34. The minimum Gasteiger partial charge on any atom is -0.493 e. The maximum absolute atomic E-state index is 11.4. The molecule has 11 heavy (non-hydrogen) atoms. The fourth-order valence-electron chi connectivity index (χ4n) is 0.260. The van der Waals surface area contributed by atoms with Gasteiger partial charge in [-0.2, -0.15) is 13.2 Å². The van der Waals surface area contributed by atoms with Crippen molar-refractivity contribution < 1.29 is 26.8 Å². The third-order valence-corrected chi connectivity index (χ3v) is 1.66. The van der Waals surface area contributed by atoms with Crippen molar-refractivity contribution >= 4 is 16.0 Å². The molecule has 66 valence electrons. The molecule has 0 aliphatic heterocycles. The van der Waals surface area contributed by atoms with Gasteiger partial charge in [0.05, 0.1) is 0 Å². The highest BCUT2D eigenvalue weighted by Crippen LogP contribution is 2.15. The van der Waals surface area contributed by atoms with Gasteiger partial charge in [0.1, 0.15) is 0 Å². The van der Waals surface area contributed by atoms with Gasteiger partial charge in [-0.1, -0.05) is 0 Å². The van der Waals surface area contributed by atoms with E-state index in [1.165, 1.54) is 0 Å². The van der Waals surface area contributed by atoms with Crippen LogP contribution in [0, 0.1) is 0 Å². The first kappa shape index (κ1) is 10.4. The molecule has 0 bridgehead atoms. The van der Waals surface area contributed by atoms with Crippen molar-refractivity contribution in [2.75, 3.05) is 6.61 Å². The van der Waals surface area contributed by atoms with Crippen molar-refractivity contribution in [2.24, 2.45) is 0 Å². The molecule has 0 N–H and O–H groups in total. The predicted molar refractivity (Wildman–Crippen MR) is 32.3 cm³/mol. The van der Waals surface area contributed by atoms with Gasteiger partial charge in [0.25, 0.3) is 0 Å². The molecule has 0 aromatic rings. The van der Waals surface area contributed by atoms with E-state index in [2.05, 4.69) is 8.85 Å². The molecular formula is C4H7F3O3Si. The first-order valence-electron chi connectivity index (χ1n) is 2.80. The molecule has 0 aliphatic rings. The Kier molecular flexibility index (Phi) is 4.12. The summed E-state index contributed by atoms with van der Waals surface area (Å²) < 4.78 is 42.4. The SMILES string of the molecule is CCO[SiH2]OC(=O)C(F)(F)F. The minimum atomic E-state index is -4.90. The summed E-state index contributed by atoms with van der Waals surface area (Å²) >= 11 is 0. The smallest absolute Gasteiger partial charge is 0.489 e. The lowest BCUT2D eigenvalue weighted by atomic mass is 10.7. The molecule has 0 spiro atoms. The number of alkyl halides is 3. The van der Waals surface area contributed by atoms with Gasteiger partial charge in [-0.15, -0.1) is 0 Å². The number of rotatable bonds is 3.